The third-order valence-corrected chi connectivity index (χ3v) is 8.94. The monoisotopic (exact) mass is 684 g/mol. The Bertz CT molecular complexity index is 1380. The van der Waals surface area contributed by atoms with Gasteiger partial charge in [0.05, 0.1) is 24.2 Å². The minimum atomic E-state index is -2.86. The summed E-state index contributed by atoms with van der Waals surface area (Å²) < 4.78 is 36.2. The predicted molar refractivity (Wildman–Crippen MR) is 167 cm³/mol. The number of H-pyrrole nitrogens is 1. The van der Waals surface area contributed by atoms with Crippen LogP contribution in [0.3, 0.4) is 0 Å². The first kappa shape index (κ1) is 39.4. The van der Waals surface area contributed by atoms with Crippen LogP contribution in [0.2, 0.25) is 0 Å². The number of likely N-dealkylation sites (tertiary alicyclic amines) is 1. The zero-order chi connectivity index (χ0) is 33.4. The molecule has 2 unspecified atom stereocenters. The SMILES string of the molecule is CN1CCC(F)(F)C1[C-]=O.COc1ccc2nc(CCCCCC3CCC[C@@]3(C)OC(=O)N[C@H](C=O)C(C)(C)C)c(=O)[nH]c2c1.[V]. The van der Waals surface area contributed by atoms with Crippen molar-refractivity contribution in [2.45, 2.75) is 109 Å². The number of likely N-dealkylation sites (N-methyl/N-ethyl adjacent to an activating group) is 1. The number of alkyl halides is 2. The van der Waals surface area contributed by atoms with Crippen molar-refractivity contribution >= 4 is 29.7 Å². The molecule has 10 nitrogen and oxygen atoms in total. The van der Waals surface area contributed by atoms with Crippen LogP contribution in [0.1, 0.15) is 84.8 Å². The Balaban J connectivity index is 0.000000570. The van der Waals surface area contributed by atoms with E-state index >= 15 is 0 Å². The Kier molecular flexibility index (Phi) is 14.4. The number of halogens is 2. The second kappa shape index (κ2) is 16.8. The van der Waals surface area contributed by atoms with Crippen LogP contribution >= 0.6 is 0 Å². The van der Waals surface area contributed by atoms with Crippen molar-refractivity contribution in [1.29, 1.82) is 0 Å². The quantitative estimate of drug-likeness (QED) is 0.184. The van der Waals surface area contributed by atoms with Crippen LogP contribution in [0, 0.1) is 11.3 Å². The van der Waals surface area contributed by atoms with Gasteiger partial charge in [-0.3, -0.25) is 4.79 Å². The van der Waals surface area contributed by atoms with Gasteiger partial charge in [0.2, 0.25) is 5.92 Å². The van der Waals surface area contributed by atoms with Crippen LogP contribution in [0.4, 0.5) is 13.6 Å². The number of aryl methyl sites for hydroxylation is 1. The van der Waals surface area contributed by atoms with E-state index in [0.29, 0.717) is 23.4 Å². The standard InChI is InChI=1S/C27H39N3O5.C6H8F2NO.V/c1-26(2,3)23(17-31)30-25(33)35-27(4)15-9-11-18(27)10-7-6-8-12-21-24(32)29-22-16-19(34-5)13-14-20(22)28-21;1-9-3-2-6(7,8)5(9)4-10;/h13-14,16-18,23H,6-12,15H2,1-5H3,(H,29,32)(H,30,33);5H,2-3H2,1H3;/q;-1;/t18?,23-,27-;;/m1../s1. The molecule has 1 aromatic carbocycles. The van der Waals surface area contributed by atoms with Crippen LogP contribution in [0.25, 0.3) is 11.0 Å². The fraction of sp³-hybridized carbons (Fsp3) is 0.667. The number of hydrogen-bond acceptors (Lipinski definition) is 8. The smallest absolute Gasteiger partial charge is 0.408 e. The number of nitrogens with zero attached hydrogens (tertiary/aromatic N) is 2. The largest absolute Gasteiger partial charge is 0.540 e. The third kappa shape index (κ3) is 10.3. The van der Waals surface area contributed by atoms with Gasteiger partial charge in [0.25, 0.3) is 5.56 Å². The summed E-state index contributed by atoms with van der Waals surface area (Å²) in [5.41, 5.74) is 0.929. The van der Waals surface area contributed by atoms with Gasteiger partial charge in [0.1, 0.15) is 23.3 Å². The molecule has 2 aliphatic rings. The number of aromatic amines is 1. The average Bonchev–Trinajstić information content (AvgIpc) is 3.46. The summed E-state index contributed by atoms with van der Waals surface area (Å²) in [5, 5.41) is 2.72. The number of methoxy groups -OCH3 is 1. The van der Waals surface area contributed by atoms with E-state index in [9.17, 15) is 28.0 Å². The molecule has 1 aromatic heterocycles. The summed E-state index contributed by atoms with van der Waals surface area (Å²) in [5.74, 6) is -1.90. The molecule has 255 valence electrons. The first-order valence-electron chi connectivity index (χ1n) is 15.6. The number of aromatic nitrogens is 2. The molecule has 46 heavy (non-hydrogen) atoms. The van der Waals surface area contributed by atoms with Crippen molar-refractivity contribution in [3.05, 3.63) is 34.2 Å². The van der Waals surface area contributed by atoms with Gasteiger partial charge in [-0.05, 0) is 82.0 Å². The van der Waals surface area contributed by atoms with E-state index in [2.05, 4.69) is 15.3 Å². The number of carbonyl (C=O) groups is 2. The van der Waals surface area contributed by atoms with E-state index in [0.717, 1.165) is 56.7 Å². The van der Waals surface area contributed by atoms with Crippen LogP contribution < -0.4 is 15.6 Å². The summed E-state index contributed by atoms with van der Waals surface area (Å²) in [7, 11) is 3.09. The van der Waals surface area contributed by atoms with E-state index in [1.165, 1.54) is 18.2 Å². The van der Waals surface area contributed by atoms with Crippen molar-refractivity contribution in [3.63, 3.8) is 0 Å². The minimum Gasteiger partial charge on any atom is -0.540 e. The van der Waals surface area contributed by atoms with E-state index in [1.54, 1.807) is 13.2 Å². The second-order valence-corrected chi connectivity index (χ2v) is 13.4. The number of unbranched alkanes of at least 4 members (excludes halogenated alkanes) is 2. The van der Waals surface area contributed by atoms with E-state index in [4.69, 9.17) is 9.47 Å². The molecule has 2 aromatic rings. The number of benzene rings is 1. The molecule has 0 spiro atoms. The maximum absolute atomic E-state index is 12.6. The Morgan fingerprint density at radius 1 is 1.26 bits per heavy atom. The van der Waals surface area contributed by atoms with Crippen molar-refractivity contribution in [2.24, 2.45) is 11.3 Å². The molecule has 4 rings (SSSR count). The summed E-state index contributed by atoms with van der Waals surface area (Å²) in [6, 6.07) is 3.54. The number of fused-ring (bicyclic) bond motifs is 1. The van der Waals surface area contributed by atoms with Crippen molar-refractivity contribution in [2.75, 3.05) is 20.7 Å². The normalized spacial score (nSPS) is 23.0. The molecule has 2 heterocycles. The molecule has 1 aliphatic carbocycles. The molecule has 1 aliphatic heterocycles. The summed E-state index contributed by atoms with van der Waals surface area (Å²) in [6.07, 6.45) is 8.63. The fourth-order valence-electron chi connectivity index (χ4n) is 5.97. The molecule has 4 atom stereocenters. The first-order chi connectivity index (χ1) is 21.1. The number of carbonyl (C=O) groups excluding carboxylic acids is 3. The van der Waals surface area contributed by atoms with E-state index in [1.807, 2.05) is 39.8 Å². The second-order valence-electron chi connectivity index (χ2n) is 13.4. The zero-order valence-electron chi connectivity index (χ0n) is 27.7. The summed E-state index contributed by atoms with van der Waals surface area (Å²) in [4.78, 5) is 55.1. The average molecular weight is 685 g/mol. The minimum absolute atomic E-state index is 0. The molecule has 1 saturated carbocycles. The van der Waals surface area contributed by atoms with E-state index in [-0.39, 0.29) is 48.4 Å². The van der Waals surface area contributed by atoms with Gasteiger partial charge >= 0.3 is 6.09 Å². The maximum Gasteiger partial charge on any atom is 0.408 e. The summed E-state index contributed by atoms with van der Waals surface area (Å²) >= 11 is 0. The summed E-state index contributed by atoms with van der Waals surface area (Å²) in [6.45, 7) is 8.00. The number of amides is 1. The maximum atomic E-state index is 12.6. The number of ether oxygens (including phenoxy) is 2. The van der Waals surface area contributed by atoms with Gasteiger partial charge in [0.15, 0.2) is 0 Å². The van der Waals surface area contributed by atoms with E-state index < -0.39 is 29.7 Å². The van der Waals surface area contributed by atoms with Crippen molar-refractivity contribution in [1.82, 2.24) is 20.2 Å². The molecule has 13 heteroatoms. The van der Waals surface area contributed by atoms with Gasteiger partial charge in [-0.2, -0.15) is 0 Å². The first-order valence-corrected chi connectivity index (χ1v) is 15.6. The van der Waals surface area contributed by atoms with Gasteiger partial charge < -0.3 is 34.3 Å². The van der Waals surface area contributed by atoms with Crippen LogP contribution in [0.5, 0.6) is 5.75 Å². The molecule has 2 N–H and O–H groups in total. The molecule has 2 fully saturated rings. The topological polar surface area (TPSA) is 131 Å². The molecular weight excluding hydrogens is 637 g/mol. The molecule has 1 amide bonds. The van der Waals surface area contributed by atoms with Crippen LogP contribution in [-0.2, 0) is 39.3 Å². The number of hydrogen-bond donors (Lipinski definition) is 2. The number of nitrogens with one attached hydrogen (secondary N) is 2. The number of aldehydes is 1. The Morgan fingerprint density at radius 3 is 2.54 bits per heavy atom. The van der Waals surface area contributed by atoms with Crippen LogP contribution in [-0.4, -0.2) is 77.8 Å². The van der Waals surface area contributed by atoms with Crippen molar-refractivity contribution < 1.29 is 51.2 Å². The number of rotatable bonds is 11. The molecule has 0 bridgehead atoms. The van der Waals surface area contributed by atoms with Gasteiger partial charge in [-0.25, -0.2) is 24.8 Å². The molecule has 1 saturated heterocycles. The number of alkyl carbamates (subject to hydrolysis) is 1. The Labute approximate surface area is 281 Å². The zero-order valence-corrected chi connectivity index (χ0v) is 29.1. The molecule has 1 radical (unpaired) electrons. The van der Waals surface area contributed by atoms with Gasteiger partial charge in [-0.15, -0.1) is 0 Å². The fourth-order valence-corrected chi connectivity index (χ4v) is 5.97. The molecular formula is C33H47F2N4O6V-. The Hall–Kier alpha value is -2.83. The Morgan fingerprint density at radius 2 is 1.98 bits per heavy atom. The van der Waals surface area contributed by atoms with Gasteiger partial charge in [-0.1, -0.05) is 33.6 Å². The predicted octanol–water partition coefficient (Wildman–Crippen LogP) is 5.37. The van der Waals surface area contributed by atoms with Crippen LogP contribution in [0.15, 0.2) is 23.0 Å². The van der Waals surface area contributed by atoms with Gasteiger partial charge in [0, 0.05) is 37.6 Å². The third-order valence-electron chi connectivity index (χ3n) is 8.94. The van der Waals surface area contributed by atoms with Crippen molar-refractivity contribution in [3.8, 4) is 5.75 Å².